The summed E-state index contributed by atoms with van der Waals surface area (Å²) in [7, 11) is 0. The van der Waals surface area contributed by atoms with Crippen LogP contribution in [0.25, 0.3) is 22.0 Å². The number of anilines is 2. The molecule has 0 aliphatic carbocycles. The number of rotatable bonds is 8. The molecular formula is C20H27N5O. The summed E-state index contributed by atoms with van der Waals surface area (Å²) in [6, 6.07) is 11.7. The third-order valence-electron chi connectivity index (χ3n) is 4.70. The Hall–Kier alpha value is -2.73. The first-order valence-corrected chi connectivity index (χ1v) is 9.11. The van der Waals surface area contributed by atoms with Crippen molar-refractivity contribution in [3.05, 3.63) is 36.4 Å². The van der Waals surface area contributed by atoms with E-state index in [1.807, 2.05) is 36.4 Å². The lowest BCUT2D eigenvalue weighted by molar-refractivity contribution is 0.250. The van der Waals surface area contributed by atoms with Gasteiger partial charge in [-0.2, -0.15) is 5.10 Å². The van der Waals surface area contributed by atoms with Gasteiger partial charge < -0.3 is 21.1 Å². The number of nitrogens with one attached hydrogen (secondary N) is 1. The van der Waals surface area contributed by atoms with E-state index in [9.17, 15) is 0 Å². The van der Waals surface area contributed by atoms with Crippen molar-refractivity contribution in [2.24, 2.45) is 0 Å². The lowest BCUT2D eigenvalue weighted by atomic mass is 10.0. The number of ether oxygens (including phenoxy) is 1. The zero-order valence-corrected chi connectivity index (χ0v) is 15.5. The maximum atomic E-state index is 6.11. The number of fused-ring (bicyclic) bond motifs is 1. The van der Waals surface area contributed by atoms with E-state index in [0.29, 0.717) is 12.4 Å². The van der Waals surface area contributed by atoms with E-state index in [0.717, 1.165) is 59.5 Å². The Balaban J connectivity index is 1.81. The Bertz CT molecular complexity index is 853. The number of hydrogen-bond acceptors (Lipinski definition) is 5. The Morgan fingerprint density at radius 2 is 1.77 bits per heavy atom. The summed E-state index contributed by atoms with van der Waals surface area (Å²) in [5.41, 5.74) is 15.5. The number of aromatic amines is 1. The van der Waals surface area contributed by atoms with Crippen LogP contribution >= 0.6 is 0 Å². The summed E-state index contributed by atoms with van der Waals surface area (Å²) in [5, 5.41) is 8.08. The zero-order chi connectivity index (χ0) is 18.5. The highest BCUT2D eigenvalue weighted by atomic mass is 16.5. The minimum atomic E-state index is 0.473. The van der Waals surface area contributed by atoms with E-state index in [4.69, 9.17) is 16.2 Å². The van der Waals surface area contributed by atoms with Gasteiger partial charge in [-0.05, 0) is 54.9 Å². The van der Waals surface area contributed by atoms with E-state index < -0.39 is 0 Å². The van der Waals surface area contributed by atoms with Crippen molar-refractivity contribution in [1.82, 2.24) is 15.1 Å². The molecule has 0 aliphatic rings. The summed E-state index contributed by atoms with van der Waals surface area (Å²) in [6.07, 6.45) is 0.979. The molecule has 0 saturated heterocycles. The molecule has 0 spiro atoms. The van der Waals surface area contributed by atoms with Crippen LogP contribution in [0.5, 0.6) is 5.75 Å². The Labute approximate surface area is 154 Å². The third-order valence-corrected chi connectivity index (χ3v) is 4.70. The number of nitrogen functional groups attached to an aromatic ring is 2. The van der Waals surface area contributed by atoms with E-state index >= 15 is 0 Å². The van der Waals surface area contributed by atoms with Crippen LogP contribution in [0.4, 0.5) is 11.5 Å². The van der Waals surface area contributed by atoms with Crippen molar-refractivity contribution in [2.45, 2.75) is 20.3 Å². The molecule has 2 aromatic carbocycles. The molecule has 0 bridgehead atoms. The molecule has 0 fully saturated rings. The SMILES string of the molecule is CCN(CC)CCCOc1ccc(-c2ccc(N)cc2)c2c(N)n[nH]c12. The zero-order valence-electron chi connectivity index (χ0n) is 15.5. The average Bonchev–Trinajstić information content (AvgIpc) is 3.05. The number of hydrogen-bond donors (Lipinski definition) is 3. The number of benzene rings is 2. The van der Waals surface area contributed by atoms with Gasteiger partial charge >= 0.3 is 0 Å². The van der Waals surface area contributed by atoms with Crippen molar-refractivity contribution in [3.63, 3.8) is 0 Å². The van der Waals surface area contributed by atoms with Crippen molar-refractivity contribution < 1.29 is 4.74 Å². The van der Waals surface area contributed by atoms with Crippen LogP contribution in [0.2, 0.25) is 0 Å². The number of H-pyrrole nitrogens is 1. The molecule has 0 saturated carbocycles. The fourth-order valence-electron chi connectivity index (χ4n) is 3.17. The Morgan fingerprint density at radius 1 is 1.04 bits per heavy atom. The molecule has 5 N–H and O–H groups in total. The summed E-state index contributed by atoms with van der Waals surface area (Å²) in [5.74, 6) is 1.25. The lowest BCUT2D eigenvalue weighted by Crippen LogP contribution is -2.25. The van der Waals surface area contributed by atoms with Gasteiger partial charge in [0.15, 0.2) is 5.82 Å². The maximum absolute atomic E-state index is 6.11. The van der Waals surface area contributed by atoms with Crippen LogP contribution in [-0.2, 0) is 0 Å². The van der Waals surface area contributed by atoms with Gasteiger partial charge in [-0.15, -0.1) is 0 Å². The highest BCUT2D eigenvalue weighted by Gasteiger charge is 2.14. The first-order valence-electron chi connectivity index (χ1n) is 9.11. The monoisotopic (exact) mass is 353 g/mol. The molecule has 0 unspecified atom stereocenters. The molecule has 0 radical (unpaired) electrons. The Kier molecular flexibility index (Phi) is 5.63. The predicted octanol–water partition coefficient (Wildman–Crippen LogP) is 3.51. The van der Waals surface area contributed by atoms with Gasteiger partial charge in [0.25, 0.3) is 0 Å². The van der Waals surface area contributed by atoms with Crippen LogP contribution in [0, 0.1) is 0 Å². The third kappa shape index (κ3) is 3.75. The molecule has 1 heterocycles. The van der Waals surface area contributed by atoms with Gasteiger partial charge in [0.05, 0.1) is 12.0 Å². The maximum Gasteiger partial charge on any atom is 0.153 e. The molecule has 3 aromatic rings. The van der Waals surface area contributed by atoms with Gasteiger partial charge in [-0.3, -0.25) is 5.10 Å². The molecule has 0 amide bonds. The quantitative estimate of drug-likeness (QED) is 0.426. The van der Waals surface area contributed by atoms with Crippen LogP contribution in [0.15, 0.2) is 36.4 Å². The van der Waals surface area contributed by atoms with Crippen molar-refractivity contribution in [2.75, 3.05) is 37.7 Å². The molecule has 26 heavy (non-hydrogen) atoms. The van der Waals surface area contributed by atoms with Gasteiger partial charge in [-0.1, -0.05) is 26.0 Å². The summed E-state index contributed by atoms with van der Waals surface area (Å²) in [6.45, 7) is 8.17. The van der Waals surface area contributed by atoms with Gasteiger partial charge in [0.2, 0.25) is 0 Å². The van der Waals surface area contributed by atoms with Gasteiger partial charge in [0, 0.05) is 12.2 Å². The highest BCUT2D eigenvalue weighted by Crippen LogP contribution is 2.36. The van der Waals surface area contributed by atoms with E-state index in [2.05, 4.69) is 28.9 Å². The molecule has 6 heteroatoms. The molecular weight excluding hydrogens is 326 g/mol. The Morgan fingerprint density at radius 3 is 2.46 bits per heavy atom. The highest BCUT2D eigenvalue weighted by molar-refractivity contribution is 6.04. The van der Waals surface area contributed by atoms with Crippen molar-refractivity contribution in [1.29, 1.82) is 0 Å². The number of nitrogens with two attached hydrogens (primary N) is 2. The molecule has 6 nitrogen and oxygen atoms in total. The normalized spacial score (nSPS) is 11.3. The molecule has 138 valence electrons. The van der Waals surface area contributed by atoms with Crippen molar-refractivity contribution in [3.8, 4) is 16.9 Å². The fraction of sp³-hybridized carbons (Fsp3) is 0.350. The van der Waals surface area contributed by atoms with Crippen LogP contribution in [-0.4, -0.2) is 41.3 Å². The number of aromatic nitrogens is 2. The van der Waals surface area contributed by atoms with Crippen LogP contribution in [0.3, 0.4) is 0 Å². The molecule has 3 rings (SSSR count). The fourth-order valence-corrected chi connectivity index (χ4v) is 3.17. The summed E-state index contributed by atoms with van der Waals surface area (Å²) in [4.78, 5) is 2.39. The smallest absolute Gasteiger partial charge is 0.153 e. The number of nitrogens with zero attached hydrogens (tertiary/aromatic N) is 2. The van der Waals surface area contributed by atoms with Crippen LogP contribution < -0.4 is 16.2 Å². The average molecular weight is 353 g/mol. The van der Waals surface area contributed by atoms with Gasteiger partial charge in [0.1, 0.15) is 11.3 Å². The second-order valence-electron chi connectivity index (χ2n) is 6.32. The minimum absolute atomic E-state index is 0.473. The molecule has 0 atom stereocenters. The second-order valence-corrected chi connectivity index (χ2v) is 6.32. The standard InChI is InChI=1S/C20H27N5O/c1-3-25(4-2)12-5-13-26-17-11-10-16(14-6-8-15(21)9-7-14)18-19(17)23-24-20(18)22/h6-11H,3-5,12-13,21H2,1-2H3,(H3,22,23,24). The largest absolute Gasteiger partial charge is 0.491 e. The molecule has 1 aromatic heterocycles. The van der Waals surface area contributed by atoms with E-state index in [1.54, 1.807) is 0 Å². The summed E-state index contributed by atoms with van der Waals surface area (Å²) < 4.78 is 6.01. The van der Waals surface area contributed by atoms with E-state index in [-0.39, 0.29) is 0 Å². The topological polar surface area (TPSA) is 93.2 Å². The first-order chi connectivity index (χ1) is 12.6. The van der Waals surface area contributed by atoms with E-state index in [1.165, 1.54) is 0 Å². The minimum Gasteiger partial charge on any atom is -0.491 e. The first kappa shape index (κ1) is 18.1. The van der Waals surface area contributed by atoms with Crippen LogP contribution in [0.1, 0.15) is 20.3 Å². The second kappa shape index (κ2) is 8.10. The predicted molar refractivity (Wildman–Crippen MR) is 108 cm³/mol. The molecule has 0 aliphatic heterocycles. The lowest BCUT2D eigenvalue weighted by Gasteiger charge is -2.18. The van der Waals surface area contributed by atoms with Gasteiger partial charge in [-0.25, -0.2) is 0 Å². The summed E-state index contributed by atoms with van der Waals surface area (Å²) >= 11 is 0. The van der Waals surface area contributed by atoms with Crippen molar-refractivity contribution >= 4 is 22.4 Å².